The van der Waals surface area contributed by atoms with Crippen molar-refractivity contribution in [3.8, 4) is 0 Å². The molecule has 0 bridgehead atoms. The van der Waals surface area contributed by atoms with Gasteiger partial charge in [-0.1, -0.05) is 39.0 Å². The van der Waals surface area contributed by atoms with Crippen LogP contribution in [0, 0.1) is 5.92 Å². The second-order valence-corrected chi connectivity index (χ2v) is 5.06. The molecule has 1 saturated carbocycles. The largest absolute Gasteiger partial charge is 0.377 e. The molecule has 2 atom stereocenters. The fraction of sp³-hybridized carbons (Fsp3) is 1.00. The van der Waals surface area contributed by atoms with Crippen LogP contribution in [0.4, 0.5) is 0 Å². The first-order valence-corrected chi connectivity index (χ1v) is 7.10. The molecule has 2 unspecified atom stereocenters. The lowest BCUT2D eigenvalue weighted by atomic mass is 9.93. The van der Waals surface area contributed by atoms with Crippen molar-refractivity contribution in [3.63, 3.8) is 0 Å². The lowest BCUT2D eigenvalue weighted by molar-refractivity contribution is 0.0238. The molecule has 16 heavy (non-hydrogen) atoms. The van der Waals surface area contributed by atoms with Crippen LogP contribution in [0.5, 0.6) is 0 Å². The second kappa shape index (κ2) is 8.08. The average molecular weight is 227 g/mol. The number of hydrogen-bond donors (Lipinski definition) is 1. The van der Waals surface area contributed by atoms with Crippen molar-refractivity contribution in [2.45, 2.75) is 70.9 Å². The van der Waals surface area contributed by atoms with Gasteiger partial charge in [0.1, 0.15) is 0 Å². The van der Waals surface area contributed by atoms with Gasteiger partial charge in [-0.05, 0) is 32.7 Å². The SMILES string of the molecule is CCCC(OCC)C(CC1CCCC1)NC. The van der Waals surface area contributed by atoms with Gasteiger partial charge in [-0.2, -0.15) is 0 Å². The van der Waals surface area contributed by atoms with E-state index in [4.69, 9.17) is 4.74 Å². The highest BCUT2D eigenvalue weighted by Crippen LogP contribution is 2.30. The van der Waals surface area contributed by atoms with Crippen molar-refractivity contribution in [2.24, 2.45) is 5.92 Å². The molecule has 0 aromatic carbocycles. The summed E-state index contributed by atoms with van der Waals surface area (Å²) in [4.78, 5) is 0. The van der Waals surface area contributed by atoms with Crippen LogP contribution >= 0.6 is 0 Å². The van der Waals surface area contributed by atoms with E-state index in [-0.39, 0.29) is 0 Å². The van der Waals surface area contributed by atoms with Crippen molar-refractivity contribution >= 4 is 0 Å². The molecule has 0 aromatic heterocycles. The minimum Gasteiger partial charge on any atom is -0.377 e. The van der Waals surface area contributed by atoms with Gasteiger partial charge in [0.05, 0.1) is 6.10 Å². The van der Waals surface area contributed by atoms with Gasteiger partial charge in [-0.3, -0.25) is 0 Å². The smallest absolute Gasteiger partial charge is 0.0727 e. The summed E-state index contributed by atoms with van der Waals surface area (Å²) in [6.07, 6.45) is 9.87. The lowest BCUT2D eigenvalue weighted by Crippen LogP contribution is -2.40. The molecular weight excluding hydrogens is 198 g/mol. The van der Waals surface area contributed by atoms with Crippen molar-refractivity contribution in [1.82, 2.24) is 5.32 Å². The number of nitrogens with one attached hydrogen (secondary N) is 1. The van der Waals surface area contributed by atoms with Gasteiger partial charge in [0, 0.05) is 12.6 Å². The van der Waals surface area contributed by atoms with Gasteiger partial charge in [0.15, 0.2) is 0 Å². The molecule has 0 saturated heterocycles. The zero-order chi connectivity index (χ0) is 11.8. The average Bonchev–Trinajstić information content (AvgIpc) is 2.78. The van der Waals surface area contributed by atoms with Gasteiger partial charge >= 0.3 is 0 Å². The van der Waals surface area contributed by atoms with Gasteiger partial charge < -0.3 is 10.1 Å². The Morgan fingerprint density at radius 2 is 1.94 bits per heavy atom. The van der Waals surface area contributed by atoms with E-state index in [1.54, 1.807) is 0 Å². The highest BCUT2D eigenvalue weighted by molar-refractivity contribution is 4.81. The third-order valence-corrected chi connectivity index (χ3v) is 3.84. The molecule has 0 heterocycles. The normalized spacial score (nSPS) is 21.2. The molecule has 1 fully saturated rings. The molecule has 0 spiro atoms. The van der Waals surface area contributed by atoms with Gasteiger partial charge in [0.25, 0.3) is 0 Å². The highest BCUT2D eigenvalue weighted by atomic mass is 16.5. The van der Waals surface area contributed by atoms with Crippen molar-refractivity contribution in [1.29, 1.82) is 0 Å². The Kier molecular flexibility index (Phi) is 7.06. The van der Waals surface area contributed by atoms with E-state index in [1.807, 2.05) is 0 Å². The maximum absolute atomic E-state index is 5.88. The third-order valence-electron chi connectivity index (χ3n) is 3.84. The highest BCUT2D eigenvalue weighted by Gasteiger charge is 2.25. The summed E-state index contributed by atoms with van der Waals surface area (Å²) in [5, 5.41) is 3.47. The summed E-state index contributed by atoms with van der Waals surface area (Å²) in [6, 6.07) is 0.558. The minimum absolute atomic E-state index is 0.417. The summed E-state index contributed by atoms with van der Waals surface area (Å²) in [7, 11) is 2.08. The Balaban J connectivity index is 2.40. The molecule has 0 aliphatic heterocycles. The van der Waals surface area contributed by atoms with Crippen LogP contribution in [-0.4, -0.2) is 25.8 Å². The summed E-state index contributed by atoms with van der Waals surface area (Å²) >= 11 is 0. The van der Waals surface area contributed by atoms with Gasteiger partial charge in [0.2, 0.25) is 0 Å². The third kappa shape index (κ3) is 4.42. The van der Waals surface area contributed by atoms with Gasteiger partial charge in [-0.25, -0.2) is 0 Å². The predicted octanol–water partition coefficient (Wildman–Crippen LogP) is 3.36. The van der Waals surface area contributed by atoms with Gasteiger partial charge in [-0.15, -0.1) is 0 Å². The predicted molar refractivity (Wildman–Crippen MR) is 69.7 cm³/mol. The molecule has 2 heteroatoms. The van der Waals surface area contributed by atoms with E-state index in [2.05, 4.69) is 26.2 Å². The fourth-order valence-electron chi connectivity index (χ4n) is 2.96. The number of hydrogen-bond acceptors (Lipinski definition) is 2. The van der Waals surface area contributed by atoms with Crippen molar-refractivity contribution in [3.05, 3.63) is 0 Å². The van der Waals surface area contributed by atoms with Crippen LogP contribution in [0.1, 0.15) is 58.8 Å². The van der Waals surface area contributed by atoms with Crippen molar-refractivity contribution in [2.75, 3.05) is 13.7 Å². The molecule has 1 aliphatic carbocycles. The Morgan fingerprint density at radius 3 is 2.44 bits per heavy atom. The van der Waals surface area contributed by atoms with E-state index in [0.717, 1.165) is 12.5 Å². The Labute approximate surface area is 101 Å². The topological polar surface area (TPSA) is 21.3 Å². The summed E-state index contributed by atoms with van der Waals surface area (Å²) in [5.41, 5.74) is 0. The Morgan fingerprint density at radius 1 is 1.25 bits per heavy atom. The fourth-order valence-corrected chi connectivity index (χ4v) is 2.96. The molecule has 1 rings (SSSR count). The monoisotopic (exact) mass is 227 g/mol. The van der Waals surface area contributed by atoms with Crippen LogP contribution in [-0.2, 0) is 4.74 Å². The number of rotatable bonds is 8. The maximum Gasteiger partial charge on any atom is 0.0727 e. The first-order chi connectivity index (χ1) is 7.81. The standard InChI is InChI=1S/C14H29NO/c1-4-8-14(16-5-2)13(15-3)11-12-9-6-7-10-12/h12-15H,4-11H2,1-3H3. The van der Waals surface area contributed by atoms with Crippen molar-refractivity contribution < 1.29 is 4.74 Å². The molecule has 1 aliphatic rings. The molecule has 1 N–H and O–H groups in total. The zero-order valence-corrected chi connectivity index (χ0v) is 11.3. The first-order valence-electron chi connectivity index (χ1n) is 7.10. The quantitative estimate of drug-likeness (QED) is 0.686. The van der Waals surface area contributed by atoms with Crippen LogP contribution < -0.4 is 5.32 Å². The molecule has 0 radical (unpaired) electrons. The van der Waals surface area contributed by atoms with Crippen LogP contribution in [0.15, 0.2) is 0 Å². The Bertz CT molecular complexity index is 160. The lowest BCUT2D eigenvalue weighted by Gasteiger charge is -2.28. The zero-order valence-electron chi connectivity index (χ0n) is 11.3. The summed E-state index contributed by atoms with van der Waals surface area (Å²) in [6.45, 7) is 5.19. The van der Waals surface area contributed by atoms with E-state index in [1.165, 1.54) is 44.9 Å². The molecule has 96 valence electrons. The number of likely N-dealkylation sites (N-methyl/N-ethyl adjacent to an activating group) is 1. The molecular formula is C14H29NO. The molecule has 0 amide bonds. The van der Waals surface area contributed by atoms with Crippen LogP contribution in [0.25, 0.3) is 0 Å². The van der Waals surface area contributed by atoms with Crippen LogP contribution in [0.3, 0.4) is 0 Å². The van der Waals surface area contributed by atoms with E-state index < -0.39 is 0 Å². The summed E-state index contributed by atoms with van der Waals surface area (Å²) in [5.74, 6) is 0.942. The maximum atomic E-state index is 5.88. The second-order valence-electron chi connectivity index (χ2n) is 5.06. The first kappa shape index (κ1) is 14.0. The van der Waals surface area contributed by atoms with E-state index >= 15 is 0 Å². The number of ether oxygens (including phenoxy) is 1. The van der Waals surface area contributed by atoms with E-state index in [9.17, 15) is 0 Å². The summed E-state index contributed by atoms with van der Waals surface area (Å²) < 4.78 is 5.88. The Hall–Kier alpha value is -0.0800. The minimum atomic E-state index is 0.417. The molecule has 0 aromatic rings. The van der Waals surface area contributed by atoms with Crippen LogP contribution in [0.2, 0.25) is 0 Å². The van der Waals surface area contributed by atoms with E-state index in [0.29, 0.717) is 12.1 Å². The molecule has 2 nitrogen and oxygen atoms in total.